The van der Waals surface area contributed by atoms with E-state index in [1.165, 1.54) is 43.3 Å². The van der Waals surface area contributed by atoms with E-state index in [9.17, 15) is 18.8 Å². The predicted octanol–water partition coefficient (Wildman–Crippen LogP) is 3.10. The Hall–Kier alpha value is -3.73. The number of esters is 1. The monoisotopic (exact) mass is 397 g/mol. The highest BCUT2D eigenvalue weighted by Crippen LogP contribution is 2.14. The fraction of sp³-hybridized carbons (Fsp3) is 0.238. The van der Waals surface area contributed by atoms with Crippen molar-refractivity contribution >= 4 is 23.5 Å². The van der Waals surface area contributed by atoms with Crippen molar-refractivity contribution < 1.29 is 23.5 Å². The van der Waals surface area contributed by atoms with Gasteiger partial charge in [-0.2, -0.15) is 5.26 Å². The minimum absolute atomic E-state index is 0.203. The number of nitriles is 1. The van der Waals surface area contributed by atoms with Crippen LogP contribution in [0.4, 0.5) is 10.1 Å². The molecule has 2 aromatic rings. The predicted molar refractivity (Wildman–Crippen MR) is 103 cm³/mol. The van der Waals surface area contributed by atoms with Gasteiger partial charge in [-0.25, -0.2) is 9.18 Å². The molecule has 0 aliphatic carbocycles. The van der Waals surface area contributed by atoms with Crippen molar-refractivity contribution in [1.82, 2.24) is 5.32 Å². The fourth-order valence-electron chi connectivity index (χ4n) is 2.41. The van der Waals surface area contributed by atoms with Crippen molar-refractivity contribution in [3.05, 3.63) is 65.5 Å². The number of carbonyl (C=O) groups is 3. The topological polar surface area (TPSA) is 108 Å². The number of nitrogens with zero attached hydrogens (tertiary/aromatic N) is 1. The normalized spacial score (nSPS) is 12.2. The average molecular weight is 397 g/mol. The summed E-state index contributed by atoms with van der Waals surface area (Å²) in [5.41, 5.74) is 1.35. The van der Waals surface area contributed by atoms with Gasteiger partial charge in [0.05, 0.1) is 17.7 Å². The molecule has 0 heterocycles. The molecule has 0 bridgehead atoms. The number of benzene rings is 2. The third-order valence-electron chi connectivity index (χ3n) is 4.03. The summed E-state index contributed by atoms with van der Waals surface area (Å²) in [5, 5.41) is 13.7. The lowest BCUT2D eigenvalue weighted by molar-refractivity contribution is -0.129. The molecular formula is C21H20FN3O4. The molecule has 2 atom stereocenters. The second-order valence-corrected chi connectivity index (χ2v) is 6.29. The van der Waals surface area contributed by atoms with Crippen LogP contribution in [0.1, 0.15) is 42.2 Å². The van der Waals surface area contributed by atoms with Crippen LogP contribution >= 0.6 is 0 Å². The number of hydrogen-bond donors (Lipinski definition) is 2. The number of halogens is 1. The molecule has 0 aliphatic heterocycles. The Kier molecular flexibility index (Phi) is 7.43. The lowest BCUT2D eigenvalue weighted by Gasteiger charge is -2.18. The van der Waals surface area contributed by atoms with E-state index in [-0.39, 0.29) is 23.8 Å². The first kappa shape index (κ1) is 21.6. The Balaban J connectivity index is 1.90. The zero-order valence-corrected chi connectivity index (χ0v) is 15.9. The summed E-state index contributed by atoms with van der Waals surface area (Å²) in [7, 11) is 0. The molecule has 0 saturated carbocycles. The molecule has 0 saturated heterocycles. The highest BCUT2D eigenvalue weighted by molar-refractivity contribution is 5.94. The third-order valence-corrected chi connectivity index (χ3v) is 4.03. The summed E-state index contributed by atoms with van der Waals surface area (Å²) in [4.78, 5) is 35.8. The summed E-state index contributed by atoms with van der Waals surface area (Å²) in [5.74, 6) is -2.01. The van der Waals surface area contributed by atoms with Crippen LogP contribution in [-0.4, -0.2) is 23.9 Å². The molecule has 7 nitrogen and oxygen atoms in total. The first-order valence-electron chi connectivity index (χ1n) is 8.84. The van der Waals surface area contributed by atoms with Crippen LogP contribution in [0, 0.1) is 17.1 Å². The number of nitrogens with one attached hydrogen (secondary N) is 2. The van der Waals surface area contributed by atoms with Gasteiger partial charge in [-0.3, -0.25) is 9.59 Å². The van der Waals surface area contributed by atoms with Crippen molar-refractivity contribution in [2.45, 2.75) is 32.4 Å². The van der Waals surface area contributed by atoms with Crippen molar-refractivity contribution in [3.63, 3.8) is 0 Å². The number of amides is 2. The second-order valence-electron chi connectivity index (χ2n) is 6.29. The van der Waals surface area contributed by atoms with Crippen molar-refractivity contribution in [1.29, 1.82) is 5.26 Å². The van der Waals surface area contributed by atoms with E-state index < -0.39 is 23.9 Å². The lowest BCUT2D eigenvalue weighted by Crippen LogP contribution is -2.37. The Morgan fingerprint density at radius 1 is 1.07 bits per heavy atom. The molecule has 0 radical (unpaired) electrons. The summed E-state index contributed by atoms with van der Waals surface area (Å²) < 4.78 is 18.2. The van der Waals surface area contributed by atoms with Gasteiger partial charge >= 0.3 is 5.97 Å². The maximum atomic E-state index is 13.0. The molecule has 0 aliphatic rings. The Morgan fingerprint density at radius 2 is 1.69 bits per heavy atom. The Labute approximate surface area is 167 Å². The molecule has 2 aromatic carbocycles. The van der Waals surface area contributed by atoms with Gasteiger partial charge in [0.25, 0.3) is 5.91 Å². The average Bonchev–Trinajstić information content (AvgIpc) is 2.69. The van der Waals surface area contributed by atoms with Crippen molar-refractivity contribution in [2.75, 3.05) is 5.32 Å². The van der Waals surface area contributed by atoms with Crippen molar-refractivity contribution in [2.24, 2.45) is 0 Å². The molecule has 0 fully saturated rings. The van der Waals surface area contributed by atoms with Crippen LogP contribution in [0.3, 0.4) is 0 Å². The number of rotatable bonds is 7. The molecule has 2 amide bonds. The third kappa shape index (κ3) is 6.43. The largest absolute Gasteiger partial charge is 0.449 e. The number of ether oxygens (including phenoxy) is 1. The highest BCUT2D eigenvalue weighted by Gasteiger charge is 2.21. The standard InChI is InChI=1S/C21H20FN3O4/c1-13(15-3-7-17(22)8-4-15)24-20(27)14(2)29-21(28)16-5-9-18(10-6-16)25-19(26)11-12-23/h3-10,13-14H,11H2,1-2H3,(H,24,27)(H,25,26). The van der Waals surface area contributed by atoms with Crippen LogP contribution in [0.5, 0.6) is 0 Å². The fourth-order valence-corrected chi connectivity index (χ4v) is 2.41. The number of carbonyl (C=O) groups excluding carboxylic acids is 3. The molecule has 2 N–H and O–H groups in total. The van der Waals surface area contributed by atoms with Gasteiger partial charge in [-0.15, -0.1) is 0 Å². The van der Waals surface area contributed by atoms with Gasteiger partial charge in [0.1, 0.15) is 12.2 Å². The zero-order valence-electron chi connectivity index (χ0n) is 15.9. The van der Waals surface area contributed by atoms with E-state index in [4.69, 9.17) is 10.00 Å². The maximum Gasteiger partial charge on any atom is 0.338 e. The SMILES string of the molecule is CC(OC(=O)c1ccc(NC(=O)CC#N)cc1)C(=O)NC(C)c1ccc(F)cc1. The molecule has 2 unspecified atom stereocenters. The second kappa shape index (κ2) is 9.99. The van der Waals surface area contributed by atoms with Gasteiger partial charge < -0.3 is 15.4 Å². The van der Waals surface area contributed by atoms with E-state index in [1.807, 2.05) is 0 Å². The first-order chi connectivity index (χ1) is 13.8. The molecule has 8 heteroatoms. The molecular weight excluding hydrogens is 377 g/mol. The van der Waals surface area contributed by atoms with E-state index in [0.29, 0.717) is 11.3 Å². The summed E-state index contributed by atoms with van der Waals surface area (Å²) >= 11 is 0. The van der Waals surface area contributed by atoms with Crippen LogP contribution < -0.4 is 10.6 Å². The van der Waals surface area contributed by atoms with E-state index in [0.717, 1.165) is 0 Å². The maximum absolute atomic E-state index is 13.0. The minimum Gasteiger partial charge on any atom is -0.449 e. The molecule has 0 spiro atoms. The zero-order chi connectivity index (χ0) is 21.4. The number of anilines is 1. The van der Waals surface area contributed by atoms with Crippen molar-refractivity contribution in [3.8, 4) is 6.07 Å². The van der Waals surface area contributed by atoms with Gasteiger partial charge in [0, 0.05) is 5.69 Å². The Bertz CT molecular complexity index is 920. The highest BCUT2D eigenvalue weighted by atomic mass is 19.1. The van der Waals surface area contributed by atoms with Crippen LogP contribution in [0.25, 0.3) is 0 Å². The van der Waals surface area contributed by atoms with Crippen LogP contribution in [-0.2, 0) is 14.3 Å². The smallest absolute Gasteiger partial charge is 0.338 e. The summed E-state index contributed by atoms with van der Waals surface area (Å²) in [6.45, 7) is 3.18. The van der Waals surface area contributed by atoms with Gasteiger partial charge in [-0.05, 0) is 55.8 Å². The minimum atomic E-state index is -1.04. The molecule has 29 heavy (non-hydrogen) atoms. The summed E-state index contributed by atoms with van der Waals surface area (Å²) in [6, 6.07) is 12.9. The van der Waals surface area contributed by atoms with E-state index >= 15 is 0 Å². The van der Waals surface area contributed by atoms with Gasteiger partial charge in [-0.1, -0.05) is 12.1 Å². The quantitative estimate of drug-likeness (QED) is 0.698. The summed E-state index contributed by atoms with van der Waals surface area (Å²) in [6.07, 6.45) is -1.31. The van der Waals surface area contributed by atoms with Gasteiger partial charge in [0.2, 0.25) is 5.91 Å². The van der Waals surface area contributed by atoms with E-state index in [1.54, 1.807) is 25.1 Å². The molecule has 2 rings (SSSR count). The van der Waals surface area contributed by atoms with Crippen LogP contribution in [0.15, 0.2) is 48.5 Å². The van der Waals surface area contributed by atoms with Gasteiger partial charge in [0.15, 0.2) is 6.10 Å². The number of hydrogen-bond acceptors (Lipinski definition) is 5. The molecule has 0 aromatic heterocycles. The van der Waals surface area contributed by atoms with Crippen LogP contribution in [0.2, 0.25) is 0 Å². The lowest BCUT2D eigenvalue weighted by atomic mass is 10.1. The first-order valence-corrected chi connectivity index (χ1v) is 8.84. The molecule has 150 valence electrons. The Morgan fingerprint density at radius 3 is 2.28 bits per heavy atom. The van der Waals surface area contributed by atoms with E-state index in [2.05, 4.69) is 10.6 Å².